The van der Waals surface area contributed by atoms with Crippen LogP contribution in [0.25, 0.3) is 0 Å². The van der Waals surface area contributed by atoms with Crippen molar-refractivity contribution in [2.24, 2.45) is 0 Å². The van der Waals surface area contributed by atoms with Crippen LogP contribution >= 0.6 is 0 Å². The second-order valence-corrected chi connectivity index (χ2v) is 5.96. The van der Waals surface area contributed by atoms with E-state index in [-0.39, 0.29) is 11.3 Å². The van der Waals surface area contributed by atoms with E-state index in [1.54, 1.807) is 0 Å². The van der Waals surface area contributed by atoms with E-state index in [2.05, 4.69) is 9.50 Å². The number of rotatable bonds is 7. The van der Waals surface area contributed by atoms with Crippen LogP contribution in [0.15, 0.2) is 18.2 Å². The molecular formula is C13H17NO6S. The molecule has 1 aromatic carbocycles. The minimum atomic E-state index is -3.89. The highest BCUT2D eigenvalue weighted by molar-refractivity contribution is 7.86. The third kappa shape index (κ3) is 5.07. The average molecular weight is 315 g/mol. The fourth-order valence-corrected chi connectivity index (χ4v) is 2.11. The Hall–Kier alpha value is -2.09. The van der Waals surface area contributed by atoms with Crippen LogP contribution in [0.2, 0.25) is 0 Å². The molecule has 0 atom stereocenters. The minimum Gasteiger partial charge on any atom is -0.478 e. The summed E-state index contributed by atoms with van der Waals surface area (Å²) in [5, 5.41) is 11.8. The molecule has 0 heterocycles. The number of carbonyl (C=O) groups is 2. The molecule has 0 unspecified atom stereocenters. The number of benzene rings is 1. The molecule has 1 rings (SSSR count). The molecule has 0 bridgehead atoms. The van der Waals surface area contributed by atoms with Crippen molar-refractivity contribution in [3.63, 3.8) is 0 Å². The summed E-state index contributed by atoms with van der Waals surface area (Å²) in [5.41, 5.74) is -0.614. The number of amides is 1. The molecule has 0 fully saturated rings. The molecule has 0 aliphatic heterocycles. The van der Waals surface area contributed by atoms with Gasteiger partial charge in [-0.15, -0.1) is 0 Å². The monoisotopic (exact) mass is 315 g/mol. The first-order valence-electron chi connectivity index (χ1n) is 6.30. The van der Waals surface area contributed by atoms with Gasteiger partial charge in [0.25, 0.3) is 5.91 Å². The maximum atomic E-state index is 12.0. The van der Waals surface area contributed by atoms with E-state index in [4.69, 9.17) is 0 Å². The number of carboxylic acid groups (broad SMARTS) is 1. The van der Waals surface area contributed by atoms with Crippen molar-refractivity contribution >= 4 is 22.0 Å². The van der Waals surface area contributed by atoms with Gasteiger partial charge in [0.1, 0.15) is 5.56 Å². The maximum Gasteiger partial charge on any atom is 0.340 e. The van der Waals surface area contributed by atoms with Gasteiger partial charge in [-0.25, -0.2) is 4.79 Å². The summed E-state index contributed by atoms with van der Waals surface area (Å²) >= 11 is 0. The highest BCUT2D eigenvalue weighted by Gasteiger charge is 2.23. The van der Waals surface area contributed by atoms with Gasteiger partial charge in [0.15, 0.2) is 5.75 Å². The zero-order chi connectivity index (χ0) is 16.0. The molecule has 1 aromatic rings. The molecule has 2 N–H and O–H groups in total. The normalized spacial score (nSPS) is 11.0. The summed E-state index contributed by atoms with van der Waals surface area (Å²) in [5.74, 6) is -2.40. The van der Waals surface area contributed by atoms with Crippen molar-refractivity contribution in [3.8, 4) is 5.75 Å². The quantitative estimate of drug-likeness (QED) is 0.579. The molecule has 21 heavy (non-hydrogen) atoms. The van der Waals surface area contributed by atoms with Gasteiger partial charge in [-0.2, -0.15) is 8.42 Å². The van der Waals surface area contributed by atoms with Crippen molar-refractivity contribution in [2.75, 3.05) is 12.8 Å². The lowest BCUT2D eigenvalue weighted by molar-refractivity contribution is 0.0689. The SMILES string of the molecule is CCCCNC(=O)c1cccc(OS(C)(=O)=O)c1C(=O)O. The van der Waals surface area contributed by atoms with Crippen molar-refractivity contribution in [1.29, 1.82) is 0 Å². The Balaban J connectivity index is 3.17. The Morgan fingerprint density at radius 3 is 2.52 bits per heavy atom. The van der Waals surface area contributed by atoms with E-state index < -0.39 is 27.6 Å². The first-order chi connectivity index (χ1) is 9.76. The molecular weight excluding hydrogens is 298 g/mol. The van der Waals surface area contributed by atoms with E-state index in [1.165, 1.54) is 18.2 Å². The number of carboxylic acids is 1. The fourth-order valence-electron chi connectivity index (χ4n) is 1.65. The van der Waals surface area contributed by atoms with Gasteiger partial charge in [0.05, 0.1) is 11.8 Å². The first-order valence-corrected chi connectivity index (χ1v) is 8.12. The summed E-state index contributed by atoms with van der Waals surface area (Å²) in [6, 6.07) is 3.86. The molecule has 0 aliphatic rings. The highest BCUT2D eigenvalue weighted by Crippen LogP contribution is 2.24. The number of aromatic carboxylic acids is 1. The van der Waals surface area contributed by atoms with Gasteiger partial charge in [-0.1, -0.05) is 19.4 Å². The molecule has 0 radical (unpaired) electrons. The Kier molecular flexibility index (Phi) is 5.71. The van der Waals surface area contributed by atoms with Crippen molar-refractivity contribution < 1.29 is 27.3 Å². The van der Waals surface area contributed by atoms with Gasteiger partial charge >= 0.3 is 16.1 Å². The van der Waals surface area contributed by atoms with Crippen molar-refractivity contribution in [3.05, 3.63) is 29.3 Å². The van der Waals surface area contributed by atoms with Gasteiger partial charge in [0, 0.05) is 6.54 Å². The van der Waals surface area contributed by atoms with Gasteiger partial charge in [-0.3, -0.25) is 4.79 Å². The Morgan fingerprint density at radius 2 is 2.00 bits per heavy atom. The molecule has 0 saturated carbocycles. The molecule has 0 aliphatic carbocycles. The van der Waals surface area contributed by atoms with Crippen molar-refractivity contribution in [2.45, 2.75) is 19.8 Å². The molecule has 0 saturated heterocycles. The van der Waals surface area contributed by atoms with Crippen LogP contribution < -0.4 is 9.50 Å². The summed E-state index contributed by atoms with van der Waals surface area (Å²) < 4.78 is 26.9. The van der Waals surface area contributed by atoms with Gasteiger partial charge in [-0.05, 0) is 18.6 Å². The Labute approximate surface area is 123 Å². The Bertz CT molecular complexity index is 638. The van der Waals surface area contributed by atoms with Crippen LogP contribution in [0.3, 0.4) is 0 Å². The zero-order valence-corrected chi connectivity index (χ0v) is 12.6. The molecule has 1 amide bonds. The predicted molar refractivity (Wildman–Crippen MR) is 76.1 cm³/mol. The summed E-state index contributed by atoms with van der Waals surface area (Å²) in [6.45, 7) is 2.36. The van der Waals surface area contributed by atoms with Crippen LogP contribution in [0.5, 0.6) is 5.75 Å². The van der Waals surface area contributed by atoms with E-state index in [9.17, 15) is 23.1 Å². The minimum absolute atomic E-state index is 0.139. The van der Waals surface area contributed by atoms with Gasteiger partial charge in [0.2, 0.25) is 0 Å². The predicted octanol–water partition coefficient (Wildman–Crippen LogP) is 1.25. The van der Waals surface area contributed by atoms with Crippen LogP contribution in [0.1, 0.15) is 40.5 Å². The van der Waals surface area contributed by atoms with Crippen molar-refractivity contribution in [1.82, 2.24) is 5.32 Å². The third-order valence-corrected chi connectivity index (χ3v) is 3.02. The zero-order valence-electron chi connectivity index (χ0n) is 11.8. The first kappa shape index (κ1) is 17.0. The van der Waals surface area contributed by atoms with E-state index in [0.29, 0.717) is 6.54 Å². The average Bonchev–Trinajstić information content (AvgIpc) is 2.36. The number of carbonyl (C=O) groups excluding carboxylic acids is 1. The standard InChI is InChI=1S/C13H17NO6S/c1-3-4-8-14-12(15)9-6-5-7-10(11(9)13(16)17)20-21(2,18)19/h5-7H,3-4,8H2,1-2H3,(H,14,15)(H,16,17). The second kappa shape index (κ2) is 7.07. The molecule has 116 valence electrons. The summed E-state index contributed by atoms with van der Waals surface area (Å²) in [7, 11) is -3.89. The number of hydrogen-bond acceptors (Lipinski definition) is 5. The lowest BCUT2D eigenvalue weighted by Gasteiger charge is -2.11. The van der Waals surface area contributed by atoms with Crippen LogP contribution in [0, 0.1) is 0 Å². The molecule has 0 aromatic heterocycles. The van der Waals surface area contributed by atoms with E-state index in [1.807, 2.05) is 6.92 Å². The topological polar surface area (TPSA) is 110 Å². The largest absolute Gasteiger partial charge is 0.478 e. The van der Waals surface area contributed by atoms with E-state index in [0.717, 1.165) is 19.1 Å². The number of nitrogens with one attached hydrogen (secondary N) is 1. The number of hydrogen-bond donors (Lipinski definition) is 2. The van der Waals surface area contributed by atoms with Crippen LogP contribution in [-0.4, -0.2) is 38.2 Å². The summed E-state index contributed by atoms with van der Waals surface area (Å²) in [4.78, 5) is 23.3. The fraction of sp³-hybridized carbons (Fsp3) is 0.385. The van der Waals surface area contributed by atoms with E-state index >= 15 is 0 Å². The third-order valence-electron chi connectivity index (χ3n) is 2.54. The summed E-state index contributed by atoms with van der Waals surface area (Å²) in [6.07, 6.45) is 2.43. The molecule has 7 nitrogen and oxygen atoms in total. The maximum absolute atomic E-state index is 12.0. The lowest BCUT2D eigenvalue weighted by atomic mass is 10.1. The van der Waals surface area contributed by atoms with Gasteiger partial charge < -0.3 is 14.6 Å². The van der Waals surface area contributed by atoms with Crippen LogP contribution in [-0.2, 0) is 10.1 Å². The van der Waals surface area contributed by atoms with Crippen LogP contribution in [0.4, 0.5) is 0 Å². The second-order valence-electron chi connectivity index (χ2n) is 4.38. The number of unbranched alkanes of at least 4 members (excludes halogenated alkanes) is 1. The smallest absolute Gasteiger partial charge is 0.340 e. The molecule has 0 spiro atoms. The Morgan fingerprint density at radius 1 is 1.33 bits per heavy atom. The molecule has 8 heteroatoms. The highest BCUT2D eigenvalue weighted by atomic mass is 32.2. The lowest BCUT2D eigenvalue weighted by Crippen LogP contribution is -2.26.